The van der Waals surface area contributed by atoms with E-state index in [-0.39, 0.29) is 12.4 Å². The molecule has 0 atom stereocenters. The molecule has 31 heavy (non-hydrogen) atoms. The van der Waals surface area contributed by atoms with Crippen LogP contribution in [0.2, 0.25) is 0 Å². The third-order valence-corrected chi connectivity index (χ3v) is 3.45. The summed E-state index contributed by atoms with van der Waals surface area (Å²) in [6, 6.07) is 6.88. The van der Waals surface area contributed by atoms with Crippen LogP contribution in [-0.4, -0.2) is 42.6 Å². The lowest BCUT2D eigenvalue weighted by Crippen LogP contribution is -2.00. The van der Waals surface area contributed by atoms with Crippen molar-refractivity contribution in [2.24, 2.45) is 0 Å². The van der Waals surface area contributed by atoms with E-state index >= 15 is 0 Å². The van der Waals surface area contributed by atoms with E-state index in [9.17, 15) is 0 Å². The van der Waals surface area contributed by atoms with E-state index in [1.54, 1.807) is 61.4 Å². The molecule has 0 saturated heterocycles. The molecule has 0 amide bonds. The molecule has 0 bridgehead atoms. The van der Waals surface area contributed by atoms with Gasteiger partial charge in [-0.3, -0.25) is 9.97 Å². The fourth-order valence-electron chi connectivity index (χ4n) is 1.87. The van der Waals surface area contributed by atoms with Gasteiger partial charge in [-0.2, -0.15) is 0 Å². The van der Waals surface area contributed by atoms with Gasteiger partial charge in [0.25, 0.3) is 0 Å². The molecule has 0 saturated carbocycles. The smallest absolute Gasteiger partial charge is 0.536 e. The van der Waals surface area contributed by atoms with Gasteiger partial charge in [-0.05, 0) is 34.1 Å². The molecule has 0 aromatic carbocycles. The highest BCUT2D eigenvalue weighted by Gasteiger charge is 1.99. The van der Waals surface area contributed by atoms with E-state index in [0.717, 1.165) is 5.56 Å². The van der Waals surface area contributed by atoms with Crippen LogP contribution in [0.25, 0.3) is 11.4 Å². The number of aromatic nitrogens is 6. The first-order valence-corrected chi connectivity index (χ1v) is 9.11. The zero-order valence-electron chi connectivity index (χ0n) is 16.0. The zero-order valence-corrected chi connectivity index (χ0v) is 18.4. The maximum Gasteiger partial charge on any atom is 0.569 e. The summed E-state index contributed by atoms with van der Waals surface area (Å²) >= 11 is 3.09. The number of anilines is 2. The van der Waals surface area contributed by atoms with Gasteiger partial charge in [-0.25, -0.2) is 19.9 Å². The Morgan fingerprint density at radius 3 is 1.84 bits per heavy atom. The fourth-order valence-corrected chi connectivity index (χ4v) is 2.11. The van der Waals surface area contributed by atoms with E-state index in [1.807, 2.05) is 0 Å². The minimum atomic E-state index is 0. The number of rotatable bonds is 3. The van der Waals surface area contributed by atoms with Gasteiger partial charge in [0.15, 0.2) is 10.6 Å². The molecule has 0 aliphatic heterocycles. The molecular formula is C18H18BBrClN8O2. The molecule has 0 spiro atoms. The van der Waals surface area contributed by atoms with Crippen LogP contribution in [0.1, 0.15) is 0 Å². The van der Waals surface area contributed by atoms with Crippen LogP contribution in [0.5, 0.6) is 5.75 Å². The average Bonchev–Trinajstić information content (AvgIpc) is 2.76. The van der Waals surface area contributed by atoms with Gasteiger partial charge >= 0.3 is 7.69 Å². The fraction of sp³-hybridized carbons (Fsp3) is 0. The van der Waals surface area contributed by atoms with Crippen LogP contribution < -0.4 is 16.1 Å². The van der Waals surface area contributed by atoms with E-state index in [4.69, 9.17) is 16.5 Å². The molecule has 0 unspecified atom stereocenters. The zero-order chi connectivity index (χ0) is 21.6. The molecule has 4 heterocycles. The SMILES string of the molecule is Brc1ncccn1.Cl.Nc1cncc(-c2ncccn2)c1.Nc1cncc(O[B]O)c1. The minimum Gasteiger partial charge on any atom is -0.536 e. The van der Waals surface area contributed by atoms with Gasteiger partial charge in [0.2, 0.25) is 0 Å². The van der Waals surface area contributed by atoms with Crippen molar-refractivity contribution in [1.82, 2.24) is 29.9 Å². The lowest BCUT2D eigenvalue weighted by atomic mass is 10.2. The van der Waals surface area contributed by atoms with Gasteiger partial charge in [-0.1, -0.05) is 0 Å². The predicted octanol–water partition coefficient (Wildman–Crippen LogP) is 2.35. The molecule has 0 aliphatic carbocycles. The molecule has 159 valence electrons. The van der Waals surface area contributed by atoms with Crippen LogP contribution >= 0.6 is 28.3 Å². The highest BCUT2D eigenvalue weighted by molar-refractivity contribution is 9.10. The van der Waals surface area contributed by atoms with Crippen molar-refractivity contribution in [2.45, 2.75) is 0 Å². The number of pyridine rings is 2. The highest BCUT2D eigenvalue weighted by atomic mass is 79.9. The second-order valence-electron chi connectivity index (χ2n) is 5.27. The Labute approximate surface area is 194 Å². The van der Waals surface area contributed by atoms with E-state index in [0.29, 0.717) is 35.4 Å². The average molecular weight is 505 g/mol. The number of nitrogen functional groups attached to an aromatic ring is 2. The summed E-state index contributed by atoms with van der Waals surface area (Å²) in [5.74, 6) is 1.06. The summed E-state index contributed by atoms with van der Waals surface area (Å²) in [6.45, 7) is 0. The van der Waals surface area contributed by atoms with Crippen LogP contribution in [0.15, 0.2) is 78.6 Å². The number of nitrogens with zero attached hydrogens (tertiary/aromatic N) is 6. The third kappa shape index (κ3) is 10.3. The Kier molecular flexibility index (Phi) is 12.1. The normalized spacial score (nSPS) is 8.97. The number of hydrogen-bond donors (Lipinski definition) is 3. The quantitative estimate of drug-likeness (QED) is 0.279. The van der Waals surface area contributed by atoms with Gasteiger partial charge in [0.05, 0.1) is 23.8 Å². The maximum atomic E-state index is 8.19. The lowest BCUT2D eigenvalue weighted by Gasteiger charge is -1.99. The molecule has 4 aromatic heterocycles. The first-order valence-electron chi connectivity index (χ1n) is 8.32. The number of halogens is 2. The van der Waals surface area contributed by atoms with Crippen molar-refractivity contribution in [3.8, 4) is 17.1 Å². The van der Waals surface area contributed by atoms with Crippen molar-refractivity contribution >= 4 is 47.4 Å². The molecule has 13 heteroatoms. The van der Waals surface area contributed by atoms with Crippen molar-refractivity contribution in [1.29, 1.82) is 0 Å². The van der Waals surface area contributed by atoms with Gasteiger partial charge in [0, 0.05) is 48.8 Å². The molecule has 4 rings (SSSR count). The third-order valence-electron chi connectivity index (χ3n) is 3.04. The first kappa shape index (κ1) is 25.7. The second-order valence-corrected chi connectivity index (χ2v) is 5.98. The van der Waals surface area contributed by atoms with Gasteiger partial charge in [-0.15, -0.1) is 12.4 Å². The van der Waals surface area contributed by atoms with Crippen LogP contribution in [0.4, 0.5) is 11.4 Å². The lowest BCUT2D eigenvalue weighted by molar-refractivity contribution is 0.453. The summed E-state index contributed by atoms with van der Waals surface area (Å²) in [4.78, 5) is 23.4. The molecule has 4 aromatic rings. The van der Waals surface area contributed by atoms with Crippen molar-refractivity contribution in [3.05, 3.63) is 78.6 Å². The standard InChI is InChI=1S/C9H8N4.C5H6BN2O2.C4H3BrN2.ClH/c10-8-4-7(5-11-6-8)9-12-2-1-3-13-9;7-4-1-5(10-6-9)3-8-2-4;5-4-6-2-1-3-7-4;/h1-6H,10H2;1-3,9H,7H2;1-3H;1H. The Balaban J connectivity index is 0.000000240. The number of nitrogens with two attached hydrogens (primary N) is 2. The topological polar surface area (TPSA) is 159 Å². The molecule has 10 nitrogen and oxygen atoms in total. The summed E-state index contributed by atoms with van der Waals surface area (Å²) in [5.41, 5.74) is 12.9. The summed E-state index contributed by atoms with van der Waals surface area (Å²) in [6.07, 6.45) is 12.9. The van der Waals surface area contributed by atoms with Crippen LogP contribution in [0, 0.1) is 0 Å². The Bertz CT molecular complexity index is 1020. The monoisotopic (exact) mass is 503 g/mol. The van der Waals surface area contributed by atoms with E-state index in [2.05, 4.69) is 50.5 Å². The Morgan fingerprint density at radius 1 is 0.806 bits per heavy atom. The van der Waals surface area contributed by atoms with Crippen LogP contribution in [-0.2, 0) is 0 Å². The first-order chi connectivity index (χ1) is 14.6. The maximum absolute atomic E-state index is 8.19. The molecular weight excluding hydrogens is 486 g/mol. The Morgan fingerprint density at radius 2 is 1.35 bits per heavy atom. The largest absolute Gasteiger partial charge is 0.569 e. The van der Waals surface area contributed by atoms with Crippen LogP contribution in [0.3, 0.4) is 0 Å². The van der Waals surface area contributed by atoms with E-state index in [1.165, 1.54) is 12.4 Å². The highest BCUT2D eigenvalue weighted by Crippen LogP contribution is 2.14. The Hall–Kier alpha value is -3.35. The molecule has 5 N–H and O–H groups in total. The van der Waals surface area contributed by atoms with Gasteiger partial charge < -0.3 is 21.1 Å². The molecule has 0 fully saturated rings. The summed E-state index contributed by atoms with van der Waals surface area (Å²) in [7, 11) is 0.580. The molecule has 0 aliphatic rings. The molecule has 1 radical (unpaired) electrons. The number of hydrogen-bond acceptors (Lipinski definition) is 10. The predicted molar refractivity (Wildman–Crippen MR) is 124 cm³/mol. The summed E-state index contributed by atoms with van der Waals surface area (Å²) < 4.78 is 5.21. The van der Waals surface area contributed by atoms with Crippen molar-refractivity contribution in [3.63, 3.8) is 0 Å². The second kappa shape index (κ2) is 14.6. The summed E-state index contributed by atoms with van der Waals surface area (Å²) in [5, 5.41) is 8.19. The van der Waals surface area contributed by atoms with Crippen molar-refractivity contribution < 1.29 is 9.68 Å². The van der Waals surface area contributed by atoms with Crippen molar-refractivity contribution in [2.75, 3.05) is 11.5 Å². The van der Waals surface area contributed by atoms with Gasteiger partial charge in [0.1, 0.15) is 5.75 Å². The minimum absolute atomic E-state index is 0. The van der Waals surface area contributed by atoms with E-state index < -0.39 is 0 Å².